The van der Waals surface area contributed by atoms with Gasteiger partial charge in [-0.1, -0.05) is 140 Å². The average molecular weight is 839 g/mol. The van der Waals surface area contributed by atoms with Gasteiger partial charge in [-0.15, -0.1) is 0 Å². The predicted octanol–water partition coefficient (Wildman–Crippen LogP) is 15.1. The summed E-state index contributed by atoms with van der Waals surface area (Å²) in [5, 5.41) is 0. The molecule has 0 N–H and O–H groups in total. The number of hydrogen-bond acceptors (Lipinski definition) is 4. The van der Waals surface area contributed by atoms with Crippen molar-refractivity contribution in [1.29, 1.82) is 0 Å². The molecule has 9 rings (SSSR count). The van der Waals surface area contributed by atoms with E-state index in [1.165, 1.54) is 44.5 Å². The van der Waals surface area contributed by atoms with Crippen LogP contribution in [0.2, 0.25) is 0 Å². The van der Waals surface area contributed by atoms with Crippen molar-refractivity contribution in [3.63, 3.8) is 0 Å². The summed E-state index contributed by atoms with van der Waals surface area (Å²) < 4.78 is 25.7. The topological polar surface area (TPSA) is 36.9 Å². The fourth-order valence-corrected chi connectivity index (χ4v) is 9.35. The van der Waals surface area contributed by atoms with Crippen LogP contribution in [0, 0.1) is 41.5 Å². The van der Waals surface area contributed by atoms with Crippen molar-refractivity contribution in [2.75, 3.05) is 0 Å². The van der Waals surface area contributed by atoms with Gasteiger partial charge in [0.25, 0.3) is 0 Å². The summed E-state index contributed by atoms with van der Waals surface area (Å²) in [6, 6.07) is 57.9. The van der Waals surface area contributed by atoms with Gasteiger partial charge in [0.2, 0.25) is 0 Å². The van der Waals surface area contributed by atoms with Crippen molar-refractivity contribution in [3.8, 4) is 39.9 Å². The van der Waals surface area contributed by atoms with Gasteiger partial charge in [0, 0.05) is 0 Å². The van der Waals surface area contributed by atoms with Crippen LogP contribution < -0.4 is 18.9 Å². The molecule has 0 saturated carbocycles. The maximum atomic E-state index is 6.57. The first kappa shape index (κ1) is 42.0. The number of fused-ring (bicyclic) bond motifs is 3. The van der Waals surface area contributed by atoms with Gasteiger partial charge < -0.3 is 18.9 Å². The second-order valence-corrected chi connectivity index (χ2v) is 17.1. The largest absolute Gasteiger partial charge is 0.489 e. The fraction of sp³-hybridized carbons (Fsp3) is 0.167. The quantitative estimate of drug-likeness (QED) is 0.109. The second kappa shape index (κ2) is 17.8. The fourth-order valence-electron chi connectivity index (χ4n) is 9.35. The molecule has 318 valence electrons. The zero-order chi connectivity index (χ0) is 44.4. The van der Waals surface area contributed by atoms with Crippen molar-refractivity contribution in [1.82, 2.24) is 0 Å². The lowest BCUT2D eigenvalue weighted by molar-refractivity contribution is 0.299. The van der Waals surface area contributed by atoms with Gasteiger partial charge in [-0.05, 0) is 167 Å². The molecular weight excluding hydrogens is 785 g/mol. The van der Waals surface area contributed by atoms with Crippen LogP contribution >= 0.6 is 0 Å². The highest BCUT2D eigenvalue weighted by atomic mass is 16.5. The zero-order valence-electron chi connectivity index (χ0n) is 37.6. The van der Waals surface area contributed by atoms with E-state index in [-0.39, 0.29) is 0 Å². The number of rotatable bonds is 14. The third-order valence-electron chi connectivity index (χ3n) is 12.9. The first-order chi connectivity index (χ1) is 31.1. The third-order valence-corrected chi connectivity index (χ3v) is 12.9. The summed E-state index contributed by atoms with van der Waals surface area (Å²) in [7, 11) is 0. The highest BCUT2D eigenvalue weighted by Crippen LogP contribution is 2.56. The number of ether oxygens (including phenoxy) is 4. The van der Waals surface area contributed by atoms with Crippen LogP contribution in [0.1, 0.15) is 77.9 Å². The molecule has 0 bridgehead atoms. The lowest BCUT2D eigenvalue weighted by Gasteiger charge is -2.34. The summed E-state index contributed by atoms with van der Waals surface area (Å²) >= 11 is 0. The molecule has 0 aromatic heterocycles. The molecule has 8 aromatic rings. The number of benzene rings is 8. The third kappa shape index (κ3) is 8.08. The SMILES string of the molecule is C=Cc1ccc(COc2ccc(C3(c4cccc(OCc5ccc(COc6c(C)cc(Oc7c(C)cc(C)c(C)c7C)cc6C)cc5)c4)c4ccccc4-c4ccccc43)cc2)cc1. The summed E-state index contributed by atoms with van der Waals surface area (Å²) in [4.78, 5) is 0. The van der Waals surface area contributed by atoms with Crippen LogP contribution in [-0.2, 0) is 25.2 Å². The van der Waals surface area contributed by atoms with E-state index in [1.54, 1.807) is 0 Å². The molecule has 0 unspecified atom stereocenters. The van der Waals surface area contributed by atoms with E-state index < -0.39 is 5.41 Å². The van der Waals surface area contributed by atoms with Gasteiger partial charge in [-0.2, -0.15) is 0 Å². The van der Waals surface area contributed by atoms with E-state index in [0.717, 1.165) is 73.3 Å². The average Bonchev–Trinajstić information content (AvgIpc) is 3.62. The molecular formula is C60H54O4. The molecule has 0 fully saturated rings. The second-order valence-electron chi connectivity index (χ2n) is 17.1. The van der Waals surface area contributed by atoms with E-state index in [1.807, 2.05) is 6.08 Å². The monoisotopic (exact) mass is 838 g/mol. The molecule has 4 nitrogen and oxygen atoms in total. The first-order valence-corrected chi connectivity index (χ1v) is 22.1. The van der Waals surface area contributed by atoms with Crippen molar-refractivity contribution in [2.45, 2.75) is 66.8 Å². The maximum Gasteiger partial charge on any atom is 0.133 e. The Morgan fingerprint density at radius 3 is 1.55 bits per heavy atom. The molecule has 0 atom stereocenters. The van der Waals surface area contributed by atoms with Crippen LogP contribution in [0.3, 0.4) is 0 Å². The molecule has 0 amide bonds. The van der Waals surface area contributed by atoms with Crippen molar-refractivity contribution < 1.29 is 18.9 Å². The van der Waals surface area contributed by atoms with E-state index in [9.17, 15) is 0 Å². The van der Waals surface area contributed by atoms with Gasteiger partial charge in [-0.25, -0.2) is 0 Å². The Morgan fingerprint density at radius 2 is 0.953 bits per heavy atom. The van der Waals surface area contributed by atoms with Crippen LogP contribution in [0.5, 0.6) is 28.7 Å². The number of hydrogen-bond donors (Lipinski definition) is 0. The van der Waals surface area contributed by atoms with Gasteiger partial charge >= 0.3 is 0 Å². The Hall–Kier alpha value is -7.30. The summed E-state index contributed by atoms with van der Waals surface area (Å²) in [5.41, 5.74) is 18.1. The Morgan fingerprint density at radius 1 is 0.422 bits per heavy atom. The highest BCUT2D eigenvalue weighted by molar-refractivity contribution is 5.86. The highest BCUT2D eigenvalue weighted by Gasteiger charge is 2.46. The predicted molar refractivity (Wildman–Crippen MR) is 261 cm³/mol. The Balaban J connectivity index is 0.911. The number of aryl methyl sites for hydroxylation is 4. The minimum absolute atomic E-state index is 0.437. The Kier molecular flexibility index (Phi) is 11.7. The molecule has 0 heterocycles. The molecule has 0 saturated heterocycles. The lowest BCUT2D eigenvalue weighted by Crippen LogP contribution is -2.28. The normalized spacial score (nSPS) is 12.3. The van der Waals surface area contributed by atoms with E-state index in [2.05, 4.69) is 212 Å². The van der Waals surface area contributed by atoms with Crippen LogP contribution in [-0.4, -0.2) is 0 Å². The van der Waals surface area contributed by atoms with Crippen LogP contribution in [0.4, 0.5) is 0 Å². The molecule has 0 aliphatic heterocycles. The Bertz CT molecular complexity index is 2910. The molecule has 0 spiro atoms. The van der Waals surface area contributed by atoms with Crippen molar-refractivity contribution in [3.05, 3.63) is 248 Å². The van der Waals surface area contributed by atoms with E-state index in [4.69, 9.17) is 18.9 Å². The Labute approximate surface area is 378 Å². The van der Waals surface area contributed by atoms with Gasteiger partial charge in [0.05, 0.1) is 5.41 Å². The summed E-state index contributed by atoms with van der Waals surface area (Å²) in [5.74, 6) is 4.27. The lowest BCUT2D eigenvalue weighted by atomic mass is 9.67. The summed E-state index contributed by atoms with van der Waals surface area (Å²) in [6.45, 7) is 17.9. The molecule has 8 aromatic carbocycles. The van der Waals surface area contributed by atoms with Gasteiger partial charge in [0.15, 0.2) is 0 Å². The molecule has 64 heavy (non-hydrogen) atoms. The zero-order valence-corrected chi connectivity index (χ0v) is 37.6. The first-order valence-electron chi connectivity index (χ1n) is 22.1. The standard InChI is InChI=1S/C60H54O4/c1-8-45-20-22-46(23-21-45)36-61-51-30-28-49(29-31-51)60(56-18-11-9-16-54(56)55-17-10-12-19-57(55)60)50-14-13-15-52(35-50)62-37-47-24-26-48(27-25-47)38-63-58-41(4)33-53(34-42(58)5)64-59-40(3)32-39(2)43(6)44(59)7/h8-35H,1,36-38H2,2-7H3. The summed E-state index contributed by atoms with van der Waals surface area (Å²) in [6.07, 6.45) is 1.85. The van der Waals surface area contributed by atoms with Gasteiger partial charge in [-0.3, -0.25) is 0 Å². The minimum atomic E-state index is -0.560. The molecule has 1 aliphatic carbocycles. The minimum Gasteiger partial charge on any atom is -0.489 e. The molecule has 4 heteroatoms. The molecule has 0 radical (unpaired) electrons. The van der Waals surface area contributed by atoms with E-state index >= 15 is 0 Å². The van der Waals surface area contributed by atoms with E-state index in [0.29, 0.717) is 19.8 Å². The van der Waals surface area contributed by atoms with Gasteiger partial charge in [0.1, 0.15) is 48.6 Å². The maximum absolute atomic E-state index is 6.57. The van der Waals surface area contributed by atoms with Crippen LogP contribution in [0.15, 0.2) is 170 Å². The van der Waals surface area contributed by atoms with Crippen molar-refractivity contribution >= 4 is 6.08 Å². The molecule has 1 aliphatic rings. The van der Waals surface area contributed by atoms with Crippen LogP contribution in [0.25, 0.3) is 17.2 Å². The smallest absolute Gasteiger partial charge is 0.133 e. The van der Waals surface area contributed by atoms with Crippen molar-refractivity contribution in [2.24, 2.45) is 0 Å².